The van der Waals surface area contributed by atoms with Crippen molar-refractivity contribution in [2.75, 3.05) is 46.1 Å². The summed E-state index contributed by atoms with van der Waals surface area (Å²) in [5.41, 5.74) is -1.10. The Balaban J connectivity index is 1.35. The van der Waals surface area contributed by atoms with E-state index in [0.717, 1.165) is 65.0 Å². The van der Waals surface area contributed by atoms with Crippen molar-refractivity contribution in [3.63, 3.8) is 0 Å². The van der Waals surface area contributed by atoms with E-state index >= 15 is 0 Å². The van der Waals surface area contributed by atoms with Gasteiger partial charge in [0, 0.05) is 38.2 Å². The summed E-state index contributed by atoms with van der Waals surface area (Å²) in [6, 6.07) is 1.48. The highest BCUT2D eigenvalue weighted by atomic mass is 19.1. The molecule has 3 heterocycles. The van der Waals surface area contributed by atoms with E-state index in [1.807, 2.05) is 0 Å². The first-order chi connectivity index (χ1) is 15.5. The van der Waals surface area contributed by atoms with E-state index in [9.17, 15) is 18.8 Å². The highest BCUT2D eigenvalue weighted by Crippen LogP contribution is 2.34. The highest BCUT2D eigenvalue weighted by molar-refractivity contribution is 6.02. The molecule has 10 heteroatoms. The summed E-state index contributed by atoms with van der Waals surface area (Å²) in [5.74, 6) is -1.17. The third-order valence-corrected chi connectivity index (χ3v) is 6.72. The highest BCUT2D eigenvalue weighted by Gasteiger charge is 2.47. The van der Waals surface area contributed by atoms with Gasteiger partial charge in [-0.15, -0.1) is 0 Å². The van der Waals surface area contributed by atoms with Crippen LogP contribution in [0.15, 0.2) is 6.07 Å². The number of hydrogen-bond acceptors (Lipinski definition) is 6. The molecule has 4 rings (SSSR count). The van der Waals surface area contributed by atoms with Crippen molar-refractivity contribution >= 4 is 17.6 Å². The van der Waals surface area contributed by atoms with Crippen molar-refractivity contribution in [2.24, 2.45) is 5.41 Å². The van der Waals surface area contributed by atoms with Gasteiger partial charge in [0.2, 0.25) is 5.91 Å². The number of ether oxygens (including phenoxy) is 1. The molecule has 1 saturated carbocycles. The first-order valence-electron chi connectivity index (χ1n) is 11.6. The van der Waals surface area contributed by atoms with Gasteiger partial charge in [0.15, 0.2) is 11.5 Å². The molecular weight excluding hydrogens is 417 g/mol. The smallest absolute Gasteiger partial charge is 0.271 e. The molecule has 1 saturated heterocycles. The zero-order chi connectivity index (χ0) is 22.6. The molecule has 1 aliphatic carbocycles. The molecule has 0 spiro atoms. The fraction of sp³-hybridized carbons (Fsp3) is 0.727. The van der Waals surface area contributed by atoms with Crippen molar-refractivity contribution in [3.05, 3.63) is 17.5 Å². The van der Waals surface area contributed by atoms with Crippen LogP contribution in [0, 0.1) is 5.41 Å². The van der Waals surface area contributed by atoms with Crippen LogP contribution >= 0.6 is 0 Å². The molecule has 176 valence electrons. The van der Waals surface area contributed by atoms with E-state index in [-0.39, 0.29) is 42.1 Å². The van der Waals surface area contributed by atoms with Crippen molar-refractivity contribution < 1.29 is 23.5 Å². The molecular formula is C22H32FN5O4. The number of morpholine rings is 1. The molecule has 1 aromatic heterocycles. The van der Waals surface area contributed by atoms with Crippen molar-refractivity contribution in [1.29, 1.82) is 0 Å². The SMILES string of the molecule is O=C(NCCCN1CCOCC1)c1cc2n(n1)CC(CF)(C(=O)NC1CCCC1)CC2=O. The number of alkyl halides is 1. The number of hydrogen-bond donors (Lipinski definition) is 2. The van der Waals surface area contributed by atoms with Gasteiger partial charge in [-0.2, -0.15) is 5.10 Å². The summed E-state index contributed by atoms with van der Waals surface area (Å²) in [7, 11) is 0. The number of aromatic nitrogens is 2. The zero-order valence-corrected chi connectivity index (χ0v) is 18.4. The second-order valence-electron chi connectivity index (χ2n) is 9.10. The summed E-state index contributed by atoms with van der Waals surface area (Å²) < 4.78 is 20.7. The molecule has 2 amide bonds. The van der Waals surface area contributed by atoms with E-state index in [0.29, 0.717) is 6.54 Å². The largest absolute Gasteiger partial charge is 0.379 e. The van der Waals surface area contributed by atoms with E-state index in [1.165, 1.54) is 10.7 Å². The topological polar surface area (TPSA) is 106 Å². The second-order valence-corrected chi connectivity index (χ2v) is 9.10. The fourth-order valence-electron chi connectivity index (χ4n) is 4.74. The molecule has 9 nitrogen and oxygen atoms in total. The molecule has 1 unspecified atom stereocenters. The molecule has 2 N–H and O–H groups in total. The first kappa shape index (κ1) is 22.8. The minimum absolute atomic E-state index is 0.0406. The van der Waals surface area contributed by atoms with Gasteiger partial charge in [0.25, 0.3) is 5.91 Å². The summed E-state index contributed by atoms with van der Waals surface area (Å²) >= 11 is 0. The van der Waals surface area contributed by atoms with E-state index < -0.39 is 18.0 Å². The third-order valence-electron chi connectivity index (χ3n) is 6.72. The van der Waals surface area contributed by atoms with Crippen LogP contribution in [0.2, 0.25) is 0 Å². The molecule has 32 heavy (non-hydrogen) atoms. The lowest BCUT2D eigenvalue weighted by molar-refractivity contribution is -0.134. The maximum Gasteiger partial charge on any atom is 0.271 e. The van der Waals surface area contributed by atoms with Gasteiger partial charge in [-0.25, -0.2) is 4.39 Å². The predicted octanol–water partition coefficient (Wildman–Crippen LogP) is 0.936. The number of fused-ring (bicyclic) bond motifs is 1. The van der Waals surface area contributed by atoms with E-state index in [1.54, 1.807) is 0 Å². The summed E-state index contributed by atoms with van der Waals surface area (Å²) in [4.78, 5) is 40.4. The Labute approximate surface area is 187 Å². The molecule has 2 fully saturated rings. The van der Waals surface area contributed by atoms with Crippen LogP contribution < -0.4 is 10.6 Å². The minimum Gasteiger partial charge on any atom is -0.379 e. The standard InChI is InChI=1S/C22H32FN5O4/c23-14-22(21(31)25-16-4-1-2-5-16)13-19(29)18-12-17(26-28(18)15-22)20(30)24-6-3-7-27-8-10-32-11-9-27/h12,16H,1-11,13-15H2,(H,24,30)(H,25,31). The van der Waals surface area contributed by atoms with Gasteiger partial charge in [-0.3, -0.25) is 24.0 Å². The molecule has 1 atom stereocenters. The van der Waals surface area contributed by atoms with E-state index in [2.05, 4.69) is 20.6 Å². The number of nitrogens with one attached hydrogen (secondary N) is 2. The van der Waals surface area contributed by atoms with Gasteiger partial charge >= 0.3 is 0 Å². The maximum atomic E-state index is 14.1. The Kier molecular flexibility index (Phi) is 7.20. The van der Waals surface area contributed by atoms with Crippen LogP contribution in [0.3, 0.4) is 0 Å². The number of nitrogens with zero attached hydrogens (tertiary/aromatic N) is 3. The van der Waals surface area contributed by atoms with Crippen molar-refractivity contribution in [2.45, 2.75) is 51.1 Å². The Hall–Kier alpha value is -2.33. The number of carbonyl (C=O) groups is 3. The average Bonchev–Trinajstić information content (AvgIpc) is 3.47. The number of carbonyl (C=O) groups excluding carboxylic acids is 3. The quantitative estimate of drug-likeness (QED) is 0.572. The minimum atomic E-state index is -1.47. The number of amides is 2. The van der Waals surface area contributed by atoms with Crippen LogP contribution in [-0.2, 0) is 16.1 Å². The first-order valence-corrected chi connectivity index (χ1v) is 11.6. The normalized spacial score (nSPS) is 24.3. The van der Waals surface area contributed by atoms with Crippen LogP contribution in [0.4, 0.5) is 4.39 Å². The Bertz CT molecular complexity index is 847. The van der Waals surface area contributed by atoms with Gasteiger partial charge < -0.3 is 15.4 Å². The summed E-state index contributed by atoms with van der Waals surface area (Å²) in [6.07, 6.45) is 4.43. The summed E-state index contributed by atoms with van der Waals surface area (Å²) in [6.45, 7) is 3.64. The zero-order valence-electron chi connectivity index (χ0n) is 18.4. The monoisotopic (exact) mass is 449 g/mol. The number of halogens is 1. The number of rotatable bonds is 8. The predicted molar refractivity (Wildman–Crippen MR) is 114 cm³/mol. The fourth-order valence-corrected chi connectivity index (χ4v) is 4.74. The van der Waals surface area contributed by atoms with Crippen LogP contribution in [-0.4, -0.2) is 84.4 Å². The lowest BCUT2D eigenvalue weighted by Gasteiger charge is -2.33. The molecule has 0 radical (unpaired) electrons. The van der Waals surface area contributed by atoms with Gasteiger partial charge in [0.1, 0.15) is 17.8 Å². The van der Waals surface area contributed by atoms with Gasteiger partial charge in [-0.05, 0) is 25.8 Å². The van der Waals surface area contributed by atoms with Crippen molar-refractivity contribution in [3.8, 4) is 0 Å². The Morgan fingerprint density at radius 2 is 2.00 bits per heavy atom. The average molecular weight is 450 g/mol. The second kappa shape index (κ2) is 10.1. The van der Waals surface area contributed by atoms with Gasteiger partial charge in [-0.1, -0.05) is 12.8 Å². The van der Waals surface area contributed by atoms with Crippen LogP contribution in [0.5, 0.6) is 0 Å². The molecule has 2 aliphatic heterocycles. The van der Waals surface area contributed by atoms with Crippen molar-refractivity contribution in [1.82, 2.24) is 25.3 Å². The van der Waals surface area contributed by atoms with Crippen LogP contribution in [0.1, 0.15) is 59.5 Å². The maximum absolute atomic E-state index is 14.1. The van der Waals surface area contributed by atoms with Gasteiger partial charge in [0.05, 0.1) is 19.8 Å². The molecule has 0 bridgehead atoms. The Morgan fingerprint density at radius 3 is 2.72 bits per heavy atom. The third kappa shape index (κ3) is 5.01. The lowest BCUT2D eigenvalue weighted by Crippen LogP contribution is -2.51. The number of ketones is 1. The molecule has 0 aromatic carbocycles. The number of Topliss-reactive ketones (excluding diaryl/α,β-unsaturated/α-hetero) is 1. The molecule has 3 aliphatic rings. The van der Waals surface area contributed by atoms with Crippen LogP contribution in [0.25, 0.3) is 0 Å². The summed E-state index contributed by atoms with van der Waals surface area (Å²) in [5, 5.41) is 9.99. The van der Waals surface area contributed by atoms with E-state index in [4.69, 9.17) is 4.74 Å². The lowest BCUT2D eigenvalue weighted by atomic mass is 9.79. The Morgan fingerprint density at radius 1 is 1.25 bits per heavy atom. The molecule has 1 aromatic rings.